The lowest BCUT2D eigenvalue weighted by molar-refractivity contribution is 0.0398. The molecule has 4 rings (SSSR count). The number of morpholine rings is 1. The smallest absolute Gasteiger partial charge is 0.233 e. The molecule has 2 heterocycles. The molecule has 3 N–H and O–H groups in total. The first kappa shape index (κ1) is 22.7. The summed E-state index contributed by atoms with van der Waals surface area (Å²) in [4.78, 5) is 14.9. The molecule has 12 heteroatoms. The largest absolute Gasteiger partial charge is 0.379 e. The van der Waals surface area contributed by atoms with Gasteiger partial charge in [-0.1, -0.05) is 0 Å². The van der Waals surface area contributed by atoms with Crippen LogP contribution in [0.4, 0.5) is 46.8 Å². The lowest BCUT2D eigenvalue weighted by Gasteiger charge is -2.26. The van der Waals surface area contributed by atoms with Crippen LogP contribution < -0.4 is 16.0 Å². The van der Waals surface area contributed by atoms with Crippen LogP contribution in [0.25, 0.3) is 0 Å². The van der Waals surface area contributed by atoms with Gasteiger partial charge in [-0.25, -0.2) is 17.6 Å². The topological polar surface area (TPSA) is 87.2 Å². The van der Waals surface area contributed by atoms with Gasteiger partial charge < -0.3 is 20.7 Å². The summed E-state index contributed by atoms with van der Waals surface area (Å²) < 4.78 is 58.9. The molecular formula is C21H21F4N7O. The second-order valence-electron chi connectivity index (χ2n) is 7.19. The molecule has 174 valence electrons. The minimum atomic E-state index is -1.03. The molecule has 0 bridgehead atoms. The van der Waals surface area contributed by atoms with Gasteiger partial charge in [0.05, 0.1) is 13.2 Å². The van der Waals surface area contributed by atoms with Crippen molar-refractivity contribution in [1.82, 2.24) is 19.9 Å². The fraction of sp³-hybridized carbons (Fsp3) is 0.286. The van der Waals surface area contributed by atoms with Gasteiger partial charge in [0.2, 0.25) is 17.8 Å². The maximum atomic E-state index is 13.6. The van der Waals surface area contributed by atoms with Gasteiger partial charge in [0.25, 0.3) is 0 Å². The van der Waals surface area contributed by atoms with E-state index in [0.29, 0.717) is 19.8 Å². The van der Waals surface area contributed by atoms with E-state index in [1.807, 2.05) is 0 Å². The molecule has 1 aromatic heterocycles. The van der Waals surface area contributed by atoms with E-state index in [-0.39, 0.29) is 29.2 Å². The number of aromatic nitrogens is 3. The average Bonchev–Trinajstić information content (AvgIpc) is 2.79. The standard InChI is InChI=1S/C21H21F4N7O/c22-15-3-1-13(11-17(15)24)27-20-29-19(26-5-6-32-7-9-33-10-8-32)30-21(31-20)28-14-2-4-16(23)18(25)12-14/h1-4,11-12H,5-10H2,(H3,26,27,28,29,30,31). The average molecular weight is 463 g/mol. The van der Waals surface area contributed by atoms with Crippen molar-refractivity contribution in [2.75, 3.05) is 55.3 Å². The molecule has 1 aliphatic heterocycles. The van der Waals surface area contributed by atoms with E-state index in [9.17, 15) is 17.6 Å². The van der Waals surface area contributed by atoms with Gasteiger partial charge in [0.15, 0.2) is 23.3 Å². The molecular weight excluding hydrogens is 442 g/mol. The monoisotopic (exact) mass is 463 g/mol. The predicted molar refractivity (Wildman–Crippen MR) is 115 cm³/mol. The van der Waals surface area contributed by atoms with Crippen LogP contribution in [0.2, 0.25) is 0 Å². The van der Waals surface area contributed by atoms with Gasteiger partial charge in [0.1, 0.15) is 0 Å². The van der Waals surface area contributed by atoms with E-state index in [4.69, 9.17) is 4.74 Å². The van der Waals surface area contributed by atoms with Crippen LogP contribution in [0.15, 0.2) is 36.4 Å². The number of hydrogen-bond acceptors (Lipinski definition) is 8. The normalized spacial score (nSPS) is 14.2. The second-order valence-corrected chi connectivity index (χ2v) is 7.19. The summed E-state index contributed by atoms with van der Waals surface area (Å²) in [6, 6.07) is 6.54. The van der Waals surface area contributed by atoms with Crippen molar-refractivity contribution < 1.29 is 22.3 Å². The van der Waals surface area contributed by atoms with Crippen LogP contribution >= 0.6 is 0 Å². The zero-order chi connectivity index (χ0) is 23.2. The van der Waals surface area contributed by atoms with E-state index >= 15 is 0 Å². The number of halogens is 4. The number of hydrogen-bond donors (Lipinski definition) is 3. The van der Waals surface area contributed by atoms with Crippen LogP contribution in [-0.4, -0.2) is 59.2 Å². The molecule has 8 nitrogen and oxygen atoms in total. The highest BCUT2D eigenvalue weighted by molar-refractivity contribution is 5.59. The highest BCUT2D eigenvalue weighted by Crippen LogP contribution is 2.21. The Morgan fingerprint density at radius 3 is 1.76 bits per heavy atom. The third kappa shape index (κ3) is 6.26. The molecule has 1 aliphatic rings. The first-order valence-corrected chi connectivity index (χ1v) is 10.2. The van der Waals surface area contributed by atoms with Gasteiger partial charge in [-0.2, -0.15) is 15.0 Å². The second kappa shape index (κ2) is 10.4. The van der Waals surface area contributed by atoms with Crippen molar-refractivity contribution >= 4 is 29.2 Å². The zero-order valence-electron chi connectivity index (χ0n) is 17.4. The maximum absolute atomic E-state index is 13.6. The number of anilines is 5. The molecule has 0 saturated carbocycles. The molecule has 2 aromatic carbocycles. The molecule has 0 unspecified atom stereocenters. The van der Waals surface area contributed by atoms with Crippen LogP contribution in [0, 0.1) is 23.3 Å². The fourth-order valence-corrected chi connectivity index (χ4v) is 3.12. The van der Waals surface area contributed by atoms with E-state index in [2.05, 4.69) is 35.8 Å². The van der Waals surface area contributed by atoms with E-state index in [1.165, 1.54) is 12.1 Å². The number of nitrogens with zero attached hydrogens (tertiary/aromatic N) is 4. The maximum Gasteiger partial charge on any atom is 0.233 e. The van der Waals surface area contributed by atoms with Gasteiger partial charge >= 0.3 is 0 Å². The Labute approximate surface area is 187 Å². The van der Waals surface area contributed by atoms with Crippen molar-refractivity contribution in [3.63, 3.8) is 0 Å². The molecule has 0 amide bonds. The van der Waals surface area contributed by atoms with Gasteiger partial charge in [-0.3, -0.25) is 4.90 Å². The molecule has 33 heavy (non-hydrogen) atoms. The fourth-order valence-electron chi connectivity index (χ4n) is 3.12. The molecule has 0 aliphatic carbocycles. The summed E-state index contributed by atoms with van der Waals surface area (Å²) in [5, 5.41) is 8.67. The van der Waals surface area contributed by atoms with E-state index < -0.39 is 23.3 Å². The summed E-state index contributed by atoms with van der Waals surface area (Å²) in [7, 11) is 0. The third-order valence-corrected chi connectivity index (χ3v) is 4.80. The van der Waals surface area contributed by atoms with Gasteiger partial charge in [-0.15, -0.1) is 0 Å². The summed E-state index contributed by atoms with van der Waals surface area (Å²) in [5.74, 6) is -3.75. The highest BCUT2D eigenvalue weighted by Gasteiger charge is 2.12. The van der Waals surface area contributed by atoms with Gasteiger partial charge in [0, 0.05) is 49.7 Å². The zero-order valence-corrected chi connectivity index (χ0v) is 17.4. The van der Waals surface area contributed by atoms with Crippen molar-refractivity contribution in [3.05, 3.63) is 59.7 Å². The van der Waals surface area contributed by atoms with Crippen molar-refractivity contribution in [1.29, 1.82) is 0 Å². The Morgan fingerprint density at radius 1 is 0.727 bits per heavy atom. The first-order chi connectivity index (χ1) is 16.0. The minimum absolute atomic E-state index is 0.0370. The van der Waals surface area contributed by atoms with Crippen molar-refractivity contribution in [3.8, 4) is 0 Å². The molecule has 0 atom stereocenters. The molecule has 0 spiro atoms. The third-order valence-electron chi connectivity index (χ3n) is 4.80. The van der Waals surface area contributed by atoms with Crippen molar-refractivity contribution in [2.24, 2.45) is 0 Å². The Kier molecular flexibility index (Phi) is 7.15. The molecule has 0 radical (unpaired) electrons. The van der Waals surface area contributed by atoms with Crippen LogP contribution in [0.3, 0.4) is 0 Å². The summed E-state index contributed by atoms with van der Waals surface area (Å²) in [6.07, 6.45) is 0. The summed E-state index contributed by atoms with van der Waals surface area (Å²) in [6.45, 7) is 4.26. The molecule has 3 aromatic rings. The van der Waals surface area contributed by atoms with Gasteiger partial charge in [-0.05, 0) is 24.3 Å². The summed E-state index contributed by atoms with van der Waals surface area (Å²) in [5.41, 5.74) is 0.441. The molecule has 1 saturated heterocycles. The van der Waals surface area contributed by atoms with E-state index in [1.54, 1.807) is 0 Å². The Bertz CT molecular complexity index is 1040. The van der Waals surface area contributed by atoms with Crippen LogP contribution in [0.1, 0.15) is 0 Å². The number of ether oxygens (including phenoxy) is 1. The number of nitrogens with one attached hydrogen (secondary N) is 3. The first-order valence-electron chi connectivity index (χ1n) is 10.2. The number of rotatable bonds is 8. The Morgan fingerprint density at radius 2 is 1.24 bits per heavy atom. The van der Waals surface area contributed by atoms with Crippen LogP contribution in [-0.2, 0) is 4.74 Å². The minimum Gasteiger partial charge on any atom is -0.379 e. The number of benzene rings is 2. The van der Waals surface area contributed by atoms with E-state index in [0.717, 1.165) is 43.9 Å². The lowest BCUT2D eigenvalue weighted by atomic mass is 10.3. The Hall–Kier alpha value is -3.51. The van der Waals surface area contributed by atoms with Crippen LogP contribution in [0.5, 0.6) is 0 Å². The van der Waals surface area contributed by atoms with Crippen molar-refractivity contribution in [2.45, 2.75) is 0 Å². The highest BCUT2D eigenvalue weighted by atomic mass is 19.2. The predicted octanol–water partition coefficient (Wildman–Crippen LogP) is 3.66. The Balaban J connectivity index is 1.52. The lowest BCUT2D eigenvalue weighted by Crippen LogP contribution is -2.39. The summed E-state index contributed by atoms with van der Waals surface area (Å²) >= 11 is 0. The quantitative estimate of drug-likeness (QED) is 0.437. The SMILES string of the molecule is Fc1ccc(Nc2nc(NCCN3CCOCC3)nc(Nc3ccc(F)c(F)c3)n2)cc1F. The molecule has 1 fully saturated rings.